The molecular formula is C19H31NO4S. The normalized spacial score (nSPS) is 11.6. The molecule has 0 aliphatic rings. The van der Waals surface area contributed by atoms with Crippen LogP contribution in [0.5, 0.6) is 5.75 Å². The topological polar surface area (TPSA) is 63.7 Å². The van der Waals surface area contributed by atoms with Gasteiger partial charge in [-0.15, -0.1) is 0 Å². The first-order chi connectivity index (χ1) is 11.7. The maximum atomic E-state index is 12.6. The fourth-order valence-corrected chi connectivity index (χ4v) is 3.10. The van der Waals surface area contributed by atoms with Gasteiger partial charge in [0.1, 0.15) is 5.75 Å². The van der Waals surface area contributed by atoms with Gasteiger partial charge in [0.2, 0.25) is 5.91 Å². The third kappa shape index (κ3) is 9.48. The Morgan fingerprint density at radius 1 is 1.20 bits per heavy atom. The van der Waals surface area contributed by atoms with Crippen LogP contribution in [-0.4, -0.2) is 32.0 Å². The number of amides is 1. The zero-order valence-corrected chi connectivity index (χ0v) is 16.6. The molecule has 0 aliphatic carbocycles. The van der Waals surface area contributed by atoms with Gasteiger partial charge in [-0.1, -0.05) is 52.2 Å². The Bertz CT molecular complexity index is 641. The van der Waals surface area contributed by atoms with Crippen LogP contribution in [0.1, 0.15) is 58.4 Å². The molecule has 0 saturated heterocycles. The molecule has 6 heteroatoms. The number of carbonyl (C=O) groups excluding carboxylic acids is 1. The molecule has 1 aromatic rings. The van der Waals surface area contributed by atoms with Gasteiger partial charge in [0, 0.05) is 19.5 Å². The predicted molar refractivity (Wildman–Crippen MR) is 101 cm³/mol. The summed E-state index contributed by atoms with van der Waals surface area (Å²) in [5, 5.41) is 0. The van der Waals surface area contributed by atoms with Crippen molar-refractivity contribution >= 4 is 16.0 Å². The first-order valence-corrected chi connectivity index (χ1v) is 10.8. The Morgan fingerprint density at radius 3 is 2.52 bits per heavy atom. The van der Waals surface area contributed by atoms with Crippen LogP contribution < -0.4 is 4.18 Å². The maximum absolute atomic E-state index is 12.6. The van der Waals surface area contributed by atoms with Crippen molar-refractivity contribution in [2.24, 2.45) is 5.92 Å². The average molecular weight is 370 g/mol. The Balaban J connectivity index is 2.77. The van der Waals surface area contributed by atoms with Crippen LogP contribution in [0.3, 0.4) is 0 Å². The second-order valence-electron chi connectivity index (χ2n) is 6.91. The summed E-state index contributed by atoms with van der Waals surface area (Å²) in [6, 6.07) is 6.91. The van der Waals surface area contributed by atoms with Crippen LogP contribution in [0.2, 0.25) is 0 Å². The first-order valence-electron chi connectivity index (χ1n) is 8.97. The van der Waals surface area contributed by atoms with Gasteiger partial charge in [-0.3, -0.25) is 4.79 Å². The van der Waals surface area contributed by atoms with E-state index in [-0.39, 0.29) is 11.7 Å². The second kappa shape index (κ2) is 10.4. The van der Waals surface area contributed by atoms with Crippen molar-refractivity contribution in [1.82, 2.24) is 4.90 Å². The van der Waals surface area contributed by atoms with Gasteiger partial charge in [-0.2, -0.15) is 8.42 Å². The average Bonchev–Trinajstić information content (AvgIpc) is 2.49. The Kier molecular flexibility index (Phi) is 8.97. The fraction of sp³-hybridized carbons (Fsp3) is 0.632. The van der Waals surface area contributed by atoms with Crippen LogP contribution in [0.25, 0.3) is 0 Å². The Morgan fingerprint density at radius 2 is 1.92 bits per heavy atom. The van der Waals surface area contributed by atoms with Crippen LogP contribution in [0, 0.1) is 5.92 Å². The molecule has 0 atom stereocenters. The van der Waals surface area contributed by atoms with E-state index in [1.54, 1.807) is 18.2 Å². The number of hydrogen-bond acceptors (Lipinski definition) is 4. The number of rotatable bonds is 11. The molecule has 5 nitrogen and oxygen atoms in total. The molecule has 0 bridgehead atoms. The van der Waals surface area contributed by atoms with Crippen LogP contribution >= 0.6 is 0 Å². The molecule has 0 aliphatic heterocycles. The summed E-state index contributed by atoms with van der Waals surface area (Å²) in [7, 11) is -3.56. The summed E-state index contributed by atoms with van der Waals surface area (Å²) in [4.78, 5) is 14.4. The van der Waals surface area contributed by atoms with E-state index in [1.165, 1.54) is 0 Å². The molecule has 0 saturated carbocycles. The van der Waals surface area contributed by atoms with E-state index in [0.29, 0.717) is 25.4 Å². The lowest BCUT2D eigenvalue weighted by Gasteiger charge is -2.25. The minimum Gasteiger partial charge on any atom is -0.383 e. The van der Waals surface area contributed by atoms with Gasteiger partial charge in [0.15, 0.2) is 0 Å². The molecule has 1 aromatic carbocycles. The number of unbranched alkanes of at least 4 members (excludes halogenated alkanes) is 3. The van der Waals surface area contributed by atoms with Crippen LogP contribution in [-0.2, 0) is 21.5 Å². The number of hydrogen-bond donors (Lipinski definition) is 0. The quantitative estimate of drug-likeness (QED) is 0.437. The van der Waals surface area contributed by atoms with Gasteiger partial charge in [0.25, 0.3) is 0 Å². The van der Waals surface area contributed by atoms with E-state index in [0.717, 1.165) is 37.5 Å². The highest BCUT2D eigenvalue weighted by Gasteiger charge is 2.16. The summed E-state index contributed by atoms with van der Waals surface area (Å²) in [5.74, 6) is 0.800. The molecule has 0 aromatic heterocycles. The van der Waals surface area contributed by atoms with Gasteiger partial charge in [0.05, 0.1) is 6.26 Å². The maximum Gasteiger partial charge on any atom is 0.306 e. The van der Waals surface area contributed by atoms with Crippen molar-refractivity contribution in [2.75, 3.05) is 12.8 Å². The molecule has 1 amide bonds. The van der Waals surface area contributed by atoms with Crippen LogP contribution in [0.15, 0.2) is 24.3 Å². The third-order valence-electron chi connectivity index (χ3n) is 3.70. The fourth-order valence-electron chi connectivity index (χ4n) is 2.65. The van der Waals surface area contributed by atoms with Gasteiger partial charge >= 0.3 is 10.1 Å². The van der Waals surface area contributed by atoms with Gasteiger partial charge in [-0.05, 0) is 30.0 Å². The first kappa shape index (κ1) is 21.5. The zero-order valence-electron chi connectivity index (χ0n) is 15.8. The minimum absolute atomic E-state index is 0.152. The largest absolute Gasteiger partial charge is 0.383 e. The van der Waals surface area contributed by atoms with Crippen molar-refractivity contribution in [1.29, 1.82) is 0 Å². The molecule has 0 fully saturated rings. The highest BCUT2D eigenvalue weighted by Crippen LogP contribution is 2.18. The van der Waals surface area contributed by atoms with Crippen molar-refractivity contribution in [3.63, 3.8) is 0 Å². The predicted octanol–water partition coefficient (Wildman–Crippen LogP) is 3.98. The number of benzene rings is 1. The SMILES string of the molecule is CCCCCCC(=O)N(Cc1cccc(OS(C)(=O)=O)c1)CC(C)C. The van der Waals surface area contributed by atoms with Crippen molar-refractivity contribution in [3.8, 4) is 5.75 Å². The summed E-state index contributed by atoms with van der Waals surface area (Å²) in [6.45, 7) is 7.47. The second-order valence-corrected chi connectivity index (χ2v) is 8.49. The Hall–Kier alpha value is -1.56. The van der Waals surface area contributed by atoms with Crippen LogP contribution in [0.4, 0.5) is 0 Å². The van der Waals surface area contributed by atoms with E-state index in [1.807, 2.05) is 11.0 Å². The van der Waals surface area contributed by atoms with E-state index in [2.05, 4.69) is 20.8 Å². The summed E-state index contributed by atoms with van der Waals surface area (Å²) >= 11 is 0. The smallest absolute Gasteiger partial charge is 0.306 e. The lowest BCUT2D eigenvalue weighted by atomic mass is 10.1. The lowest BCUT2D eigenvalue weighted by Crippen LogP contribution is -2.33. The summed E-state index contributed by atoms with van der Waals surface area (Å²) < 4.78 is 27.5. The summed E-state index contributed by atoms with van der Waals surface area (Å²) in [5.41, 5.74) is 0.865. The summed E-state index contributed by atoms with van der Waals surface area (Å²) in [6.07, 6.45) is 5.88. The van der Waals surface area contributed by atoms with E-state index in [4.69, 9.17) is 4.18 Å². The van der Waals surface area contributed by atoms with E-state index >= 15 is 0 Å². The third-order valence-corrected chi connectivity index (χ3v) is 4.20. The molecule has 25 heavy (non-hydrogen) atoms. The number of nitrogens with zero attached hydrogens (tertiary/aromatic N) is 1. The van der Waals surface area contributed by atoms with Crippen molar-refractivity contribution in [3.05, 3.63) is 29.8 Å². The standard InChI is InChI=1S/C19H31NO4S/c1-5-6-7-8-12-19(21)20(14-16(2)3)15-17-10-9-11-18(13-17)24-25(4,22)23/h9-11,13,16H,5-8,12,14-15H2,1-4H3. The van der Waals surface area contributed by atoms with Gasteiger partial charge < -0.3 is 9.08 Å². The molecule has 1 rings (SSSR count). The molecular weight excluding hydrogens is 338 g/mol. The molecule has 0 heterocycles. The molecule has 0 radical (unpaired) electrons. The lowest BCUT2D eigenvalue weighted by molar-refractivity contribution is -0.132. The van der Waals surface area contributed by atoms with Crippen molar-refractivity contribution < 1.29 is 17.4 Å². The molecule has 0 unspecified atom stereocenters. The van der Waals surface area contributed by atoms with Crippen molar-refractivity contribution in [2.45, 2.75) is 59.4 Å². The molecule has 0 N–H and O–H groups in total. The monoisotopic (exact) mass is 369 g/mol. The highest BCUT2D eigenvalue weighted by molar-refractivity contribution is 7.86. The van der Waals surface area contributed by atoms with E-state index in [9.17, 15) is 13.2 Å². The zero-order chi connectivity index (χ0) is 18.9. The van der Waals surface area contributed by atoms with E-state index < -0.39 is 10.1 Å². The molecule has 142 valence electrons. The number of carbonyl (C=O) groups is 1. The minimum atomic E-state index is -3.56. The Labute approximate surface area is 152 Å². The highest BCUT2D eigenvalue weighted by atomic mass is 32.2. The molecule has 0 spiro atoms. The van der Waals surface area contributed by atoms with Gasteiger partial charge in [-0.25, -0.2) is 0 Å².